The Morgan fingerprint density at radius 2 is 2.37 bits per heavy atom. The standard InChI is InChI=1S/C13H20I2N3O/c1-13(2-3-16)6-7-4-8(13)5-9(7)19-12(17)10(14)11-15-18-11/h3,7-11,16-18H,2,4-6H2,1H3/q-1. The molecule has 6 unspecified atom stereocenters. The van der Waals surface area contributed by atoms with E-state index in [0.717, 1.165) is 12.8 Å². The molecule has 0 spiro atoms. The van der Waals surface area contributed by atoms with Gasteiger partial charge >= 0.3 is 139 Å². The summed E-state index contributed by atoms with van der Waals surface area (Å²) >= 11 is 2.49. The average molecular weight is 488 g/mol. The van der Waals surface area contributed by atoms with Gasteiger partial charge in [0.25, 0.3) is 0 Å². The second-order valence-electron chi connectivity index (χ2n) is 6.24. The molecule has 2 bridgehead atoms. The van der Waals surface area contributed by atoms with Crippen LogP contribution in [0.1, 0.15) is 32.6 Å². The van der Waals surface area contributed by atoms with Crippen molar-refractivity contribution in [3.05, 3.63) is 0 Å². The summed E-state index contributed by atoms with van der Waals surface area (Å²) in [6.07, 6.45) is 6.25. The summed E-state index contributed by atoms with van der Waals surface area (Å²) in [7, 11) is 0. The Balaban J connectivity index is 1.56. The predicted octanol–water partition coefficient (Wildman–Crippen LogP) is -0.438. The van der Waals surface area contributed by atoms with Crippen LogP contribution in [0, 0.1) is 28.1 Å². The van der Waals surface area contributed by atoms with Crippen LogP contribution in [0.25, 0.3) is 0 Å². The van der Waals surface area contributed by atoms with Gasteiger partial charge in [-0.1, -0.05) is 0 Å². The third-order valence-corrected chi connectivity index (χ3v) is 9.66. The van der Waals surface area contributed by atoms with E-state index in [0.29, 0.717) is 27.2 Å². The molecule has 6 heteroatoms. The molecule has 1 heterocycles. The van der Waals surface area contributed by atoms with Crippen LogP contribution in [0.3, 0.4) is 0 Å². The van der Waals surface area contributed by atoms with E-state index in [2.05, 4.69) is 33.0 Å². The number of ether oxygens (including phenoxy) is 1. The molecule has 0 radical (unpaired) electrons. The summed E-state index contributed by atoms with van der Waals surface area (Å²) in [6.45, 7) is 2.32. The molecule has 1 aliphatic heterocycles. The minimum absolute atomic E-state index is 0.150. The maximum atomic E-state index is 8.10. The number of alkyl halides is 2. The topological polar surface area (TPSA) is 78.9 Å². The van der Waals surface area contributed by atoms with E-state index in [4.69, 9.17) is 15.6 Å². The van der Waals surface area contributed by atoms with E-state index in [9.17, 15) is 0 Å². The van der Waals surface area contributed by atoms with Gasteiger partial charge in [-0.15, -0.1) is 0 Å². The Bertz CT molecular complexity index is 401. The number of fused-ring (bicyclic) bond motifs is 2. The molecule has 6 atom stereocenters. The van der Waals surface area contributed by atoms with Gasteiger partial charge in [0.2, 0.25) is 0 Å². The summed E-state index contributed by atoms with van der Waals surface area (Å²) in [6, 6.07) is 0. The third-order valence-electron chi connectivity index (χ3n) is 4.93. The second kappa shape index (κ2) is 5.40. The van der Waals surface area contributed by atoms with Crippen molar-refractivity contribution >= 4 is 34.7 Å². The zero-order valence-electron chi connectivity index (χ0n) is 11.0. The molecule has 19 heavy (non-hydrogen) atoms. The fraction of sp³-hybridized carbons (Fsp3) is 0.846. The van der Waals surface area contributed by atoms with Crippen molar-refractivity contribution < 1.29 is 26.2 Å². The van der Waals surface area contributed by atoms with Gasteiger partial charge in [0, 0.05) is 0 Å². The van der Waals surface area contributed by atoms with Crippen LogP contribution in [-0.4, -0.2) is 26.2 Å². The van der Waals surface area contributed by atoms with Gasteiger partial charge in [0.15, 0.2) is 0 Å². The zero-order valence-corrected chi connectivity index (χ0v) is 15.3. The van der Waals surface area contributed by atoms with E-state index in [-0.39, 0.29) is 31.5 Å². The summed E-state index contributed by atoms with van der Waals surface area (Å²) < 4.78 is 10.1. The molecule has 3 rings (SSSR count). The summed E-state index contributed by atoms with van der Waals surface area (Å²) in [4.78, 5) is 0. The van der Waals surface area contributed by atoms with E-state index in [1.165, 1.54) is 12.8 Å². The van der Waals surface area contributed by atoms with E-state index >= 15 is 0 Å². The first-order valence-corrected chi connectivity index (χ1v) is 10.4. The van der Waals surface area contributed by atoms with Crippen LogP contribution in [0.15, 0.2) is 0 Å². The zero-order chi connectivity index (χ0) is 13.6. The molecule has 1 saturated heterocycles. The molecule has 0 aromatic carbocycles. The fourth-order valence-electron chi connectivity index (χ4n) is 3.77. The van der Waals surface area contributed by atoms with Crippen LogP contribution >= 0.6 is 22.6 Å². The molecule has 2 aliphatic carbocycles. The molecule has 4 nitrogen and oxygen atoms in total. The molecule has 3 aliphatic rings. The van der Waals surface area contributed by atoms with E-state index < -0.39 is 0 Å². The van der Waals surface area contributed by atoms with Crippen molar-refractivity contribution in [1.29, 1.82) is 10.8 Å². The van der Waals surface area contributed by atoms with Crippen LogP contribution in [0.4, 0.5) is 0 Å². The summed E-state index contributed by atoms with van der Waals surface area (Å²) in [5, 5.41) is 15.5. The van der Waals surface area contributed by atoms with Crippen molar-refractivity contribution in [2.45, 2.75) is 46.7 Å². The molecule has 108 valence electrons. The first-order chi connectivity index (χ1) is 9.03. The Morgan fingerprint density at radius 1 is 1.63 bits per heavy atom. The Morgan fingerprint density at radius 3 is 2.89 bits per heavy atom. The normalized spacial score (nSPS) is 45.4. The Kier molecular flexibility index (Phi) is 4.12. The Labute approximate surface area is 138 Å². The van der Waals surface area contributed by atoms with Crippen LogP contribution in [0.2, 0.25) is 0 Å². The van der Waals surface area contributed by atoms with Crippen molar-refractivity contribution in [1.82, 2.24) is 3.53 Å². The van der Waals surface area contributed by atoms with Gasteiger partial charge in [-0.25, -0.2) is 0 Å². The predicted molar refractivity (Wildman–Crippen MR) is 79.7 cm³/mol. The molecule has 0 aromatic rings. The maximum absolute atomic E-state index is 8.10. The van der Waals surface area contributed by atoms with Gasteiger partial charge in [-0.3, -0.25) is 0 Å². The number of halogens is 2. The first-order valence-electron chi connectivity index (χ1n) is 6.79. The van der Waals surface area contributed by atoms with Crippen molar-refractivity contribution in [3.63, 3.8) is 0 Å². The number of hydrogen-bond acceptors (Lipinski definition) is 4. The van der Waals surface area contributed by atoms with Crippen LogP contribution < -0.4 is 25.0 Å². The molecular weight excluding hydrogens is 468 g/mol. The second-order valence-corrected chi connectivity index (χ2v) is 10.2. The van der Waals surface area contributed by atoms with Gasteiger partial charge in [-0.05, 0) is 0 Å². The summed E-state index contributed by atoms with van der Waals surface area (Å²) in [5.41, 5.74) is 0.321. The molecular formula is C13H20I2N3O-. The monoisotopic (exact) mass is 488 g/mol. The van der Waals surface area contributed by atoms with E-state index in [1.54, 1.807) is 6.21 Å². The summed E-state index contributed by atoms with van der Waals surface area (Å²) in [5.74, 6) is 1.79. The third kappa shape index (κ3) is 2.81. The average Bonchev–Trinajstić information content (AvgIpc) is 3.07. The molecule has 2 saturated carbocycles. The van der Waals surface area contributed by atoms with Crippen molar-refractivity contribution in [2.24, 2.45) is 17.3 Å². The van der Waals surface area contributed by atoms with Crippen molar-refractivity contribution in [2.75, 3.05) is 0 Å². The molecule has 3 fully saturated rings. The quantitative estimate of drug-likeness (QED) is 0.0935. The SMILES string of the molecule is CC1(CC=N)CC2CC1CC2OC(=N)C(I)C1N[I-]1. The van der Waals surface area contributed by atoms with Crippen molar-refractivity contribution in [3.8, 4) is 0 Å². The van der Waals surface area contributed by atoms with Crippen LogP contribution in [0.5, 0.6) is 0 Å². The first kappa shape index (κ1) is 14.5. The molecule has 0 amide bonds. The van der Waals surface area contributed by atoms with E-state index in [1.807, 2.05) is 0 Å². The molecule has 3 N–H and O–H groups in total. The minimum atomic E-state index is 0.150. The fourth-order valence-corrected chi connectivity index (χ4v) is 6.91. The van der Waals surface area contributed by atoms with Gasteiger partial charge < -0.3 is 0 Å². The van der Waals surface area contributed by atoms with Gasteiger partial charge in [0.05, 0.1) is 0 Å². The van der Waals surface area contributed by atoms with Gasteiger partial charge in [0.1, 0.15) is 0 Å². The van der Waals surface area contributed by atoms with Gasteiger partial charge in [-0.2, -0.15) is 0 Å². The number of rotatable bonds is 5. The number of hydrogen-bond donors (Lipinski definition) is 3. The molecule has 0 aromatic heterocycles. The Hall–Kier alpha value is 0.560. The number of nitrogens with one attached hydrogen (secondary N) is 3. The van der Waals surface area contributed by atoms with Crippen LogP contribution in [-0.2, 0) is 4.74 Å².